The first-order valence-corrected chi connectivity index (χ1v) is 10.1. The second kappa shape index (κ2) is 10.3. The summed E-state index contributed by atoms with van der Waals surface area (Å²) >= 11 is 12.3. The van der Waals surface area contributed by atoms with E-state index in [0.29, 0.717) is 11.6 Å². The predicted octanol–water partition coefficient (Wildman–Crippen LogP) is 5.64. The van der Waals surface area contributed by atoms with Crippen molar-refractivity contribution >= 4 is 23.2 Å². The largest absolute Gasteiger partial charge is 0.312 e. The molecule has 0 bridgehead atoms. The molecule has 152 valence electrons. The Bertz CT molecular complexity index is 944. The highest BCUT2D eigenvalue weighted by molar-refractivity contribution is 6.31. The number of aromatic nitrogens is 2. The van der Waals surface area contributed by atoms with E-state index in [9.17, 15) is 10.1 Å². The normalized spacial score (nSPS) is 11.9. The molecule has 0 aliphatic rings. The molecule has 29 heavy (non-hydrogen) atoms. The van der Waals surface area contributed by atoms with Crippen molar-refractivity contribution < 1.29 is 9.92 Å². The minimum absolute atomic E-state index is 0.00997. The number of benzene rings is 2. The molecule has 1 aromatic heterocycles. The van der Waals surface area contributed by atoms with Crippen molar-refractivity contribution in [3.63, 3.8) is 0 Å². The molecule has 3 rings (SSSR count). The van der Waals surface area contributed by atoms with Gasteiger partial charge < -0.3 is 4.57 Å². The maximum atomic E-state index is 10.7. The van der Waals surface area contributed by atoms with Crippen LogP contribution < -0.4 is 4.84 Å². The number of aryl methyl sites for hydroxylation is 2. The Morgan fingerprint density at radius 3 is 2.52 bits per heavy atom. The van der Waals surface area contributed by atoms with Crippen LogP contribution in [0.5, 0.6) is 6.01 Å². The summed E-state index contributed by atoms with van der Waals surface area (Å²) in [5.41, 5.74) is 2.29. The van der Waals surface area contributed by atoms with Gasteiger partial charge in [0.25, 0.3) is 6.01 Å². The van der Waals surface area contributed by atoms with Gasteiger partial charge in [0.15, 0.2) is 0 Å². The molecule has 6 nitrogen and oxygen atoms in total. The topological polar surface area (TPSA) is 70.2 Å². The lowest BCUT2D eigenvalue weighted by atomic mass is 9.93. The first-order chi connectivity index (χ1) is 14.0. The van der Waals surface area contributed by atoms with Crippen LogP contribution in [0.3, 0.4) is 0 Å². The number of halogens is 2. The fourth-order valence-electron chi connectivity index (χ4n) is 3.28. The summed E-state index contributed by atoms with van der Waals surface area (Å²) in [6.07, 6.45) is 6.69. The Hall–Kier alpha value is -2.57. The third kappa shape index (κ3) is 6.48. The molecule has 1 heterocycles. The molecule has 3 aromatic rings. The van der Waals surface area contributed by atoms with Gasteiger partial charge in [-0.25, -0.2) is 9.82 Å². The standard InChI is InChI=1S/C21H21Cl2N3O3/c22-19-11-8-16(9-12-19)5-6-17(7-10-18-3-1-2-4-20(18)23)15-25-14-13-24-21(25)29-26(27)28/h1-4,8-9,11-14,17H,5-7,10,15H2. The number of rotatable bonds is 10. The summed E-state index contributed by atoms with van der Waals surface area (Å²) < 4.78 is 1.68. The van der Waals surface area contributed by atoms with E-state index in [0.717, 1.165) is 36.3 Å². The number of hydrogen-bond donors (Lipinski definition) is 0. The van der Waals surface area contributed by atoms with Gasteiger partial charge in [0.05, 0.1) is 0 Å². The van der Waals surface area contributed by atoms with Crippen molar-refractivity contribution in [2.45, 2.75) is 32.2 Å². The quantitative estimate of drug-likeness (QED) is 0.306. The molecular weight excluding hydrogens is 413 g/mol. The molecular formula is C21H21Cl2N3O3. The van der Waals surface area contributed by atoms with Crippen LogP contribution in [0.25, 0.3) is 0 Å². The van der Waals surface area contributed by atoms with Crippen LogP contribution in [-0.2, 0) is 19.4 Å². The first kappa shape index (κ1) is 21.1. The van der Waals surface area contributed by atoms with E-state index in [-0.39, 0.29) is 11.9 Å². The maximum Gasteiger partial charge on any atom is 0.302 e. The van der Waals surface area contributed by atoms with E-state index < -0.39 is 5.09 Å². The van der Waals surface area contributed by atoms with E-state index in [1.54, 1.807) is 10.8 Å². The van der Waals surface area contributed by atoms with Gasteiger partial charge in [0.2, 0.25) is 0 Å². The zero-order chi connectivity index (χ0) is 20.6. The Labute approximate surface area is 179 Å². The average Bonchev–Trinajstić information content (AvgIpc) is 3.12. The predicted molar refractivity (Wildman–Crippen MR) is 113 cm³/mol. The minimum Gasteiger partial charge on any atom is -0.312 e. The maximum absolute atomic E-state index is 10.7. The lowest BCUT2D eigenvalue weighted by molar-refractivity contribution is -0.713. The summed E-state index contributed by atoms with van der Waals surface area (Å²) in [7, 11) is 0. The molecule has 1 atom stereocenters. The molecule has 0 aliphatic heterocycles. The van der Waals surface area contributed by atoms with Crippen molar-refractivity contribution in [3.8, 4) is 6.01 Å². The summed E-state index contributed by atoms with van der Waals surface area (Å²) in [6.45, 7) is 0.571. The summed E-state index contributed by atoms with van der Waals surface area (Å²) in [5.74, 6) is 0.255. The Balaban J connectivity index is 1.69. The third-order valence-corrected chi connectivity index (χ3v) is 5.44. The van der Waals surface area contributed by atoms with Crippen LogP contribution in [0.2, 0.25) is 10.0 Å². The van der Waals surface area contributed by atoms with Gasteiger partial charge in [-0.2, -0.15) is 0 Å². The smallest absolute Gasteiger partial charge is 0.302 e. The van der Waals surface area contributed by atoms with Crippen molar-refractivity contribution in [2.75, 3.05) is 0 Å². The SMILES string of the molecule is O=[N+]([O-])Oc1nccn1CC(CCc1ccc(Cl)cc1)CCc1ccccc1Cl. The second-order valence-electron chi connectivity index (χ2n) is 6.84. The van der Waals surface area contributed by atoms with Gasteiger partial charge in [-0.1, -0.05) is 53.5 Å². The van der Waals surface area contributed by atoms with Gasteiger partial charge in [-0.15, -0.1) is 10.1 Å². The second-order valence-corrected chi connectivity index (χ2v) is 7.68. The van der Waals surface area contributed by atoms with Crippen molar-refractivity contribution in [1.82, 2.24) is 9.55 Å². The number of imidazole rings is 1. The van der Waals surface area contributed by atoms with Crippen LogP contribution in [0.15, 0.2) is 60.9 Å². The van der Waals surface area contributed by atoms with Crippen LogP contribution in [0.4, 0.5) is 0 Å². The van der Waals surface area contributed by atoms with E-state index in [2.05, 4.69) is 9.82 Å². The van der Waals surface area contributed by atoms with Crippen molar-refractivity contribution in [1.29, 1.82) is 0 Å². The highest BCUT2D eigenvalue weighted by atomic mass is 35.5. The Morgan fingerprint density at radius 2 is 1.79 bits per heavy atom. The molecule has 0 fully saturated rings. The van der Waals surface area contributed by atoms with E-state index >= 15 is 0 Å². The summed E-state index contributed by atoms with van der Waals surface area (Å²) in [5, 5.41) is 11.3. The fourth-order valence-corrected chi connectivity index (χ4v) is 3.64. The average molecular weight is 434 g/mol. The van der Waals surface area contributed by atoms with Crippen LogP contribution >= 0.6 is 23.2 Å². The number of hydrogen-bond acceptors (Lipinski definition) is 4. The van der Waals surface area contributed by atoms with Gasteiger partial charge in [0.1, 0.15) is 0 Å². The zero-order valence-corrected chi connectivity index (χ0v) is 17.2. The highest BCUT2D eigenvalue weighted by Crippen LogP contribution is 2.24. The molecule has 2 aromatic carbocycles. The van der Waals surface area contributed by atoms with Crippen molar-refractivity contribution in [3.05, 3.63) is 92.2 Å². The lowest BCUT2D eigenvalue weighted by Gasteiger charge is -2.19. The molecule has 0 amide bonds. The summed E-state index contributed by atoms with van der Waals surface area (Å²) in [4.78, 5) is 19.2. The summed E-state index contributed by atoms with van der Waals surface area (Å²) in [6, 6.07) is 15.6. The first-order valence-electron chi connectivity index (χ1n) is 9.32. The Kier molecular flexibility index (Phi) is 7.49. The van der Waals surface area contributed by atoms with Gasteiger partial charge in [-0.3, -0.25) is 0 Å². The molecule has 0 saturated heterocycles. The van der Waals surface area contributed by atoms with Crippen LogP contribution in [0, 0.1) is 16.0 Å². The molecule has 1 unspecified atom stereocenters. The molecule has 0 spiro atoms. The molecule has 8 heteroatoms. The fraction of sp³-hybridized carbons (Fsp3) is 0.286. The van der Waals surface area contributed by atoms with Gasteiger partial charge in [-0.05, 0) is 60.9 Å². The van der Waals surface area contributed by atoms with E-state index in [1.165, 1.54) is 11.8 Å². The van der Waals surface area contributed by atoms with E-state index in [1.807, 2.05) is 48.5 Å². The molecule has 0 N–H and O–H groups in total. The van der Waals surface area contributed by atoms with E-state index in [4.69, 9.17) is 23.2 Å². The highest BCUT2D eigenvalue weighted by Gasteiger charge is 2.15. The minimum atomic E-state index is -0.842. The van der Waals surface area contributed by atoms with Gasteiger partial charge >= 0.3 is 5.09 Å². The lowest BCUT2D eigenvalue weighted by Crippen LogP contribution is -2.16. The van der Waals surface area contributed by atoms with Gasteiger partial charge in [0, 0.05) is 29.0 Å². The van der Waals surface area contributed by atoms with Crippen molar-refractivity contribution in [2.24, 2.45) is 5.92 Å². The molecule has 0 saturated carbocycles. The van der Waals surface area contributed by atoms with Crippen LogP contribution in [0.1, 0.15) is 24.0 Å². The number of nitrogens with zero attached hydrogens (tertiary/aromatic N) is 3. The third-order valence-electron chi connectivity index (χ3n) is 4.82. The zero-order valence-electron chi connectivity index (χ0n) is 15.7. The molecule has 0 radical (unpaired) electrons. The molecule has 0 aliphatic carbocycles. The Morgan fingerprint density at radius 1 is 1.07 bits per heavy atom. The van der Waals surface area contributed by atoms with Crippen LogP contribution in [-0.4, -0.2) is 14.6 Å². The monoisotopic (exact) mass is 433 g/mol.